The Hall–Kier alpha value is -0.220. The van der Waals surface area contributed by atoms with Crippen molar-refractivity contribution in [3.63, 3.8) is 0 Å². The zero-order chi connectivity index (χ0) is 10.3. The number of unbranched alkanes of at least 4 members (excludes halogenated alkanes) is 1. The van der Waals surface area contributed by atoms with Crippen LogP contribution in [-0.2, 0) is 4.79 Å². The highest BCUT2D eigenvalue weighted by Gasteiger charge is 2.24. The number of carbonyl (C=O) groups excluding carboxylic acids is 1. The molecule has 4 N–H and O–H groups in total. The minimum atomic E-state index is -0.823. The van der Waals surface area contributed by atoms with Gasteiger partial charge in [-0.1, -0.05) is 13.3 Å². The van der Waals surface area contributed by atoms with Crippen molar-refractivity contribution in [1.82, 2.24) is 0 Å². The summed E-state index contributed by atoms with van der Waals surface area (Å²) in [6, 6.07) is 0. The van der Waals surface area contributed by atoms with Gasteiger partial charge in [-0.15, -0.1) is 0 Å². The lowest BCUT2D eigenvalue weighted by molar-refractivity contribution is -0.122. The van der Waals surface area contributed by atoms with Crippen LogP contribution in [0.5, 0.6) is 0 Å². The molecule has 1 unspecified atom stereocenters. The Morgan fingerprint density at radius 1 is 1.46 bits per heavy atom. The standard InChI is InChI=1S/C9H20N2OS/c1-3-13-7-5-4-6-9(2,11)8(10)12/h3-7,11H2,1-2H3,(H2,10,12). The zero-order valence-corrected chi connectivity index (χ0v) is 9.32. The number of carbonyl (C=O) groups is 1. The van der Waals surface area contributed by atoms with E-state index in [0.29, 0.717) is 6.42 Å². The summed E-state index contributed by atoms with van der Waals surface area (Å²) < 4.78 is 0. The number of amides is 1. The molecule has 0 spiro atoms. The first-order chi connectivity index (χ1) is 6.00. The second kappa shape index (κ2) is 6.27. The van der Waals surface area contributed by atoms with Gasteiger partial charge in [0.2, 0.25) is 5.91 Å². The molecule has 0 aromatic heterocycles. The summed E-state index contributed by atoms with van der Waals surface area (Å²) in [4.78, 5) is 10.8. The lowest BCUT2D eigenvalue weighted by atomic mass is 9.96. The molecule has 0 aliphatic heterocycles. The van der Waals surface area contributed by atoms with Crippen molar-refractivity contribution in [2.75, 3.05) is 11.5 Å². The first kappa shape index (κ1) is 12.8. The summed E-state index contributed by atoms with van der Waals surface area (Å²) in [7, 11) is 0. The van der Waals surface area contributed by atoms with Crippen molar-refractivity contribution in [3.05, 3.63) is 0 Å². The summed E-state index contributed by atoms with van der Waals surface area (Å²) in [6.45, 7) is 3.84. The molecule has 3 nitrogen and oxygen atoms in total. The van der Waals surface area contributed by atoms with Gasteiger partial charge in [0.25, 0.3) is 0 Å². The van der Waals surface area contributed by atoms with E-state index < -0.39 is 11.4 Å². The highest BCUT2D eigenvalue weighted by molar-refractivity contribution is 7.99. The minimum absolute atomic E-state index is 0.407. The maximum Gasteiger partial charge on any atom is 0.237 e. The predicted molar refractivity (Wildman–Crippen MR) is 58.6 cm³/mol. The fourth-order valence-corrected chi connectivity index (χ4v) is 1.66. The van der Waals surface area contributed by atoms with Crippen molar-refractivity contribution in [2.24, 2.45) is 11.5 Å². The molecule has 0 aliphatic carbocycles. The van der Waals surface area contributed by atoms with Crippen LogP contribution in [0.3, 0.4) is 0 Å². The second-order valence-corrected chi connectivity index (χ2v) is 4.83. The molecule has 0 saturated carbocycles. The van der Waals surface area contributed by atoms with Gasteiger partial charge < -0.3 is 11.5 Å². The van der Waals surface area contributed by atoms with Gasteiger partial charge >= 0.3 is 0 Å². The van der Waals surface area contributed by atoms with E-state index in [1.807, 2.05) is 11.8 Å². The van der Waals surface area contributed by atoms with Gasteiger partial charge in [-0.3, -0.25) is 4.79 Å². The van der Waals surface area contributed by atoms with Crippen LogP contribution < -0.4 is 11.5 Å². The molecule has 1 atom stereocenters. The van der Waals surface area contributed by atoms with Crippen LogP contribution in [0.15, 0.2) is 0 Å². The Labute approximate surface area is 84.6 Å². The summed E-state index contributed by atoms with van der Waals surface area (Å²) in [6.07, 6.45) is 2.77. The minimum Gasteiger partial charge on any atom is -0.368 e. The quantitative estimate of drug-likeness (QED) is 0.610. The van der Waals surface area contributed by atoms with E-state index in [0.717, 1.165) is 24.3 Å². The van der Waals surface area contributed by atoms with Crippen LogP contribution in [-0.4, -0.2) is 23.0 Å². The van der Waals surface area contributed by atoms with E-state index >= 15 is 0 Å². The summed E-state index contributed by atoms with van der Waals surface area (Å²) in [5, 5.41) is 0. The number of thioether (sulfide) groups is 1. The van der Waals surface area contributed by atoms with Crippen molar-refractivity contribution >= 4 is 17.7 Å². The molecule has 0 bridgehead atoms. The van der Waals surface area contributed by atoms with E-state index in [-0.39, 0.29) is 0 Å². The lowest BCUT2D eigenvalue weighted by Crippen LogP contribution is -2.49. The first-order valence-electron chi connectivity index (χ1n) is 4.67. The summed E-state index contributed by atoms with van der Waals surface area (Å²) in [5.74, 6) is 1.89. The molecular weight excluding hydrogens is 184 g/mol. The Morgan fingerprint density at radius 2 is 2.08 bits per heavy atom. The molecule has 0 aliphatic rings. The third kappa shape index (κ3) is 5.93. The van der Waals surface area contributed by atoms with Crippen LogP contribution in [0.2, 0.25) is 0 Å². The first-order valence-corrected chi connectivity index (χ1v) is 5.82. The Morgan fingerprint density at radius 3 is 2.54 bits per heavy atom. The van der Waals surface area contributed by atoms with E-state index in [1.54, 1.807) is 6.92 Å². The van der Waals surface area contributed by atoms with Gasteiger partial charge in [-0.25, -0.2) is 0 Å². The number of rotatable bonds is 7. The van der Waals surface area contributed by atoms with Crippen LogP contribution in [0.25, 0.3) is 0 Å². The largest absolute Gasteiger partial charge is 0.368 e. The molecule has 0 fully saturated rings. The van der Waals surface area contributed by atoms with Crippen molar-refractivity contribution in [2.45, 2.75) is 38.6 Å². The summed E-state index contributed by atoms with van der Waals surface area (Å²) in [5.41, 5.74) is 10.0. The lowest BCUT2D eigenvalue weighted by Gasteiger charge is -2.19. The molecule has 78 valence electrons. The SMILES string of the molecule is CCSCCCCC(C)(N)C(N)=O. The molecule has 13 heavy (non-hydrogen) atoms. The Balaban J connectivity index is 3.46. The molecular formula is C9H20N2OS. The van der Waals surface area contributed by atoms with Gasteiger partial charge in [0, 0.05) is 0 Å². The van der Waals surface area contributed by atoms with Crippen molar-refractivity contribution in [3.8, 4) is 0 Å². The average molecular weight is 204 g/mol. The van der Waals surface area contributed by atoms with Crippen molar-refractivity contribution < 1.29 is 4.79 Å². The fraction of sp³-hybridized carbons (Fsp3) is 0.889. The van der Waals surface area contributed by atoms with E-state index in [1.165, 1.54) is 0 Å². The van der Waals surface area contributed by atoms with Crippen molar-refractivity contribution in [1.29, 1.82) is 0 Å². The van der Waals surface area contributed by atoms with Gasteiger partial charge in [-0.2, -0.15) is 11.8 Å². The number of primary amides is 1. The van der Waals surface area contributed by atoms with E-state index in [4.69, 9.17) is 11.5 Å². The van der Waals surface area contributed by atoms with Gasteiger partial charge in [0.05, 0.1) is 5.54 Å². The topological polar surface area (TPSA) is 69.1 Å². The van der Waals surface area contributed by atoms with Crippen LogP contribution >= 0.6 is 11.8 Å². The number of hydrogen-bond donors (Lipinski definition) is 2. The van der Waals surface area contributed by atoms with Crippen LogP contribution in [0.1, 0.15) is 33.1 Å². The second-order valence-electron chi connectivity index (χ2n) is 3.44. The molecule has 0 radical (unpaired) electrons. The van der Waals surface area contributed by atoms with Crippen LogP contribution in [0.4, 0.5) is 0 Å². The zero-order valence-electron chi connectivity index (χ0n) is 8.51. The smallest absolute Gasteiger partial charge is 0.237 e. The monoisotopic (exact) mass is 204 g/mol. The van der Waals surface area contributed by atoms with E-state index in [2.05, 4.69) is 6.92 Å². The Kier molecular flexibility index (Phi) is 6.16. The molecule has 0 heterocycles. The van der Waals surface area contributed by atoms with Gasteiger partial charge in [-0.05, 0) is 31.3 Å². The summed E-state index contributed by atoms with van der Waals surface area (Å²) >= 11 is 1.91. The van der Waals surface area contributed by atoms with Crippen LogP contribution in [0, 0.1) is 0 Å². The molecule has 0 aromatic rings. The molecule has 0 rings (SSSR count). The van der Waals surface area contributed by atoms with Gasteiger partial charge in [0.15, 0.2) is 0 Å². The maximum absolute atomic E-state index is 10.8. The van der Waals surface area contributed by atoms with Gasteiger partial charge in [0.1, 0.15) is 0 Å². The normalized spacial score (nSPS) is 15.3. The fourth-order valence-electron chi connectivity index (χ4n) is 0.964. The third-order valence-corrected chi connectivity index (χ3v) is 2.99. The maximum atomic E-state index is 10.8. The average Bonchev–Trinajstić information content (AvgIpc) is 2.03. The number of hydrogen-bond acceptors (Lipinski definition) is 3. The molecule has 4 heteroatoms. The molecule has 0 saturated heterocycles. The molecule has 0 aromatic carbocycles. The molecule has 1 amide bonds. The number of nitrogens with two attached hydrogens (primary N) is 2. The van der Waals surface area contributed by atoms with E-state index in [9.17, 15) is 4.79 Å². The third-order valence-electron chi connectivity index (χ3n) is 2.00. The predicted octanol–water partition coefficient (Wildman–Crippen LogP) is 1.11. The Bertz CT molecular complexity index is 160. The highest BCUT2D eigenvalue weighted by Crippen LogP contribution is 2.12. The highest BCUT2D eigenvalue weighted by atomic mass is 32.2.